The third-order valence-electron chi connectivity index (χ3n) is 3.42. The summed E-state index contributed by atoms with van der Waals surface area (Å²) in [4.78, 5) is 16.7. The van der Waals surface area contributed by atoms with Crippen LogP contribution in [0.3, 0.4) is 0 Å². The lowest BCUT2D eigenvalue weighted by atomic mass is 10.1. The lowest BCUT2D eigenvalue weighted by Crippen LogP contribution is -2.02. The molecule has 104 valence electrons. The molecule has 0 aliphatic heterocycles. The molecule has 0 saturated heterocycles. The predicted octanol–water partition coefficient (Wildman–Crippen LogP) is 4.62. The Labute approximate surface area is 126 Å². The first-order chi connectivity index (χ1) is 10.2. The number of para-hydroxylation sites is 1. The van der Waals surface area contributed by atoms with Crippen LogP contribution in [-0.2, 0) is 0 Å². The van der Waals surface area contributed by atoms with Gasteiger partial charge in [0.25, 0.3) is 0 Å². The Hall–Kier alpha value is -2.46. The van der Waals surface area contributed by atoms with E-state index in [-0.39, 0.29) is 7.05 Å². The van der Waals surface area contributed by atoms with E-state index in [1.165, 1.54) is 11.3 Å². The first kappa shape index (κ1) is 12.3. The smallest absolute Gasteiger partial charge is 0.346 e. The van der Waals surface area contributed by atoms with E-state index in [1.54, 1.807) is 0 Å². The van der Waals surface area contributed by atoms with Gasteiger partial charge in [0, 0.05) is 6.81 Å². The number of hydrogen-bond acceptors (Lipinski definition) is 4. The maximum Gasteiger partial charge on any atom is 0.346 e. The van der Waals surface area contributed by atoms with E-state index in [1.807, 2.05) is 55.5 Å². The first-order valence-corrected chi connectivity index (χ1v) is 7.43. The van der Waals surface area contributed by atoms with Crippen molar-refractivity contribution in [1.82, 2.24) is 4.98 Å². The molecule has 0 unspecified atom stereocenters. The van der Waals surface area contributed by atoms with Crippen molar-refractivity contribution >= 4 is 32.5 Å². The van der Waals surface area contributed by atoms with Gasteiger partial charge < -0.3 is 4.42 Å². The van der Waals surface area contributed by atoms with Crippen LogP contribution >= 0.6 is 11.3 Å². The minimum absolute atomic E-state index is 0. The maximum atomic E-state index is 12.2. The topological polar surface area (TPSA) is 43.1 Å². The van der Waals surface area contributed by atoms with Crippen LogP contribution in [0.25, 0.3) is 31.8 Å². The average Bonchev–Trinajstić information content (AvgIpc) is 2.90. The van der Waals surface area contributed by atoms with Gasteiger partial charge in [0.05, 0.1) is 15.8 Å². The second-order valence-electron chi connectivity index (χ2n) is 4.98. The molecule has 4 aromatic rings. The number of rotatable bonds is 1. The van der Waals surface area contributed by atoms with Crippen molar-refractivity contribution in [3.8, 4) is 10.6 Å². The second-order valence-corrected chi connectivity index (χ2v) is 6.01. The molecule has 0 amide bonds. The van der Waals surface area contributed by atoms with Crippen LogP contribution in [0.15, 0.2) is 57.7 Å². The van der Waals surface area contributed by atoms with Crippen LogP contribution in [0.5, 0.6) is 0 Å². The molecular weight excluding hydrogens is 282 g/mol. The zero-order valence-corrected chi connectivity index (χ0v) is 12.1. The highest BCUT2D eigenvalue weighted by molar-refractivity contribution is 7.21. The molecule has 21 heavy (non-hydrogen) atoms. The van der Waals surface area contributed by atoms with Crippen molar-refractivity contribution in [2.45, 2.75) is 6.92 Å². The van der Waals surface area contributed by atoms with E-state index in [9.17, 15) is 4.79 Å². The van der Waals surface area contributed by atoms with Crippen LogP contribution in [0.1, 0.15) is 6.99 Å². The van der Waals surface area contributed by atoms with Gasteiger partial charge in [-0.2, -0.15) is 0 Å². The molecule has 2 aromatic heterocycles. The van der Waals surface area contributed by atoms with Crippen LogP contribution in [-0.4, -0.2) is 4.98 Å². The molecule has 0 atom stereocenters. The van der Waals surface area contributed by atoms with Crippen molar-refractivity contribution in [3.63, 3.8) is 0 Å². The number of nitrogens with zero attached hydrogens (tertiary/aromatic N) is 1. The summed E-state index contributed by atoms with van der Waals surface area (Å²) in [5, 5.41) is 1.61. The number of aromatic nitrogens is 1. The fraction of sp³-hybridized carbons (Fsp3) is 0.0588. The standard InChI is InChI=1S/C17H11NO2S.H2/c1-10-6-7-11-9-12(17(19)20-14(11)8-10)16-18-13-4-2-3-5-15(13)21-16;/h2-9H,1H3;1H. The summed E-state index contributed by atoms with van der Waals surface area (Å²) in [6, 6.07) is 15.6. The number of thiazole rings is 1. The Morgan fingerprint density at radius 1 is 1.14 bits per heavy atom. The van der Waals surface area contributed by atoms with Crippen molar-refractivity contribution < 1.29 is 5.84 Å². The Morgan fingerprint density at radius 3 is 2.86 bits per heavy atom. The highest BCUT2D eigenvalue weighted by Gasteiger charge is 2.12. The van der Waals surface area contributed by atoms with Crippen molar-refractivity contribution in [1.29, 1.82) is 0 Å². The van der Waals surface area contributed by atoms with Gasteiger partial charge in [-0.1, -0.05) is 24.3 Å². The van der Waals surface area contributed by atoms with Gasteiger partial charge in [-0.3, -0.25) is 0 Å². The molecule has 0 saturated carbocycles. The summed E-state index contributed by atoms with van der Waals surface area (Å²) < 4.78 is 6.50. The number of benzene rings is 2. The summed E-state index contributed by atoms with van der Waals surface area (Å²) in [5.41, 5.74) is 2.77. The number of aryl methyl sites for hydroxylation is 1. The Balaban J connectivity index is 0.00000144. The van der Waals surface area contributed by atoms with E-state index in [2.05, 4.69) is 4.98 Å². The van der Waals surface area contributed by atoms with Crippen molar-refractivity contribution in [2.24, 2.45) is 0 Å². The molecule has 4 heteroatoms. The fourth-order valence-corrected chi connectivity index (χ4v) is 3.32. The molecule has 0 radical (unpaired) electrons. The summed E-state index contributed by atoms with van der Waals surface area (Å²) in [5.74, 6) is 0. The highest BCUT2D eigenvalue weighted by Crippen LogP contribution is 2.29. The quantitative estimate of drug-likeness (QED) is 0.481. The lowest BCUT2D eigenvalue weighted by Gasteiger charge is -2.00. The molecule has 0 aliphatic rings. The van der Waals surface area contributed by atoms with Crippen LogP contribution in [0.4, 0.5) is 0 Å². The largest absolute Gasteiger partial charge is 0.422 e. The number of fused-ring (bicyclic) bond motifs is 2. The van der Waals surface area contributed by atoms with E-state index in [4.69, 9.17) is 4.42 Å². The van der Waals surface area contributed by atoms with Gasteiger partial charge in [0.15, 0.2) is 0 Å². The molecule has 0 bridgehead atoms. The van der Waals surface area contributed by atoms with E-state index in [0.717, 1.165) is 21.2 Å². The Kier molecular flexibility index (Phi) is 2.65. The van der Waals surface area contributed by atoms with Crippen LogP contribution in [0, 0.1) is 6.92 Å². The molecule has 0 spiro atoms. The minimum atomic E-state index is -0.341. The van der Waals surface area contributed by atoms with Crippen molar-refractivity contribution in [2.75, 3.05) is 0 Å². The highest BCUT2D eigenvalue weighted by atomic mass is 32.1. The normalized spacial score (nSPS) is 11.3. The van der Waals surface area contributed by atoms with Gasteiger partial charge in [0.2, 0.25) is 0 Å². The minimum Gasteiger partial charge on any atom is -0.422 e. The Morgan fingerprint density at radius 2 is 2.00 bits per heavy atom. The van der Waals surface area contributed by atoms with Gasteiger partial charge in [0.1, 0.15) is 10.6 Å². The zero-order valence-electron chi connectivity index (χ0n) is 11.3. The third-order valence-corrected chi connectivity index (χ3v) is 4.49. The summed E-state index contributed by atoms with van der Waals surface area (Å²) in [7, 11) is 0. The fourth-order valence-electron chi connectivity index (χ4n) is 2.35. The predicted molar refractivity (Wildman–Crippen MR) is 87.9 cm³/mol. The third kappa shape index (κ3) is 2.04. The van der Waals surface area contributed by atoms with Crippen molar-refractivity contribution in [3.05, 3.63) is 64.5 Å². The summed E-state index contributed by atoms with van der Waals surface area (Å²) in [6.45, 7) is 1.97. The van der Waals surface area contributed by atoms with E-state index in [0.29, 0.717) is 16.2 Å². The van der Waals surface area contributed by atoms with Gasteiger partial charge >= 0.3 is 5.63 Å². The first-order valence-electron chi connectivity index (χ1n) is 6.61. The van der Waals surface area contributed by atoms with Gasteiger partial charge in [-0.25, -0.2) is 9.78 Å². The molecule has 2 aromatic carbocycles. The number of hydrogen-bond donors (Lipinski definition) is 0. The van der Waals surface area contributed by atoms with Gasteiger partial charge in [-0.05, 0) is 36.8 Å². The molecular formula is C17H13NO2S. The molecule has 0 fully saturated rings. The van der Waals surface area contributed by atoms with E-state index >= 15 is 0 Å². The molecule has 2 heterocycles. The molecule has 3 nitrogen and oxygen atoms in total. The summed E-state index contributed by atoms with van der Waals surface area (Å²) in [6.07, 6.45) is 0. The average molecular weight is 295 g/mol. The SMILES string of the molecule is Cc1ccc2cc(-c3nc4ccccc4s3)c(=O)oc2c1.[HH]. The maximum absolute atomic E-state index is 12.2. The monoisotopic (exact) mass is 295 g/mol. The van der Waals surface area contributed by atoms with E-state index < -0.39 is 0 Å². The van der Waals surface area contributed by atoms with Crippen LogP contribution in [0.2, 0.25) is 0 Å². The molecule has 0 N–H and O–H groups in total. The molecule has 0 aliphatic carbocycles. The zero-order chi connectivity index (χ0) is 14.4. The van der Waals surface area contributed by atoms with Gasteiger partial charge in [-0.15, -0.1) is 11.3 Å². The van der Waals surface area contributed by atoms with Crippen LogP contribution < -0.4 is 5.63 Å². The molecule has 4 rings (SSSR count). The second kappa shape index (κ2) is 4.53. The summed E-state index contributed by atoms with van der Waals surface area (Å²) >= 11 is 1.51. The Bertz CT molecular complexity index is 1000. The lowest BCUT2D eigenvalue weighted by molar-refractivity contribution is 0.563.